The first kappa shape index (κ1) is 13.6. The molecule has 4 atom stereocenters. The van der Waals surface area contributed by atoms with Gasteiger partial charge in [0.05, 0.1) is 6.61 Å². The highest BCUT2D eigenvalue weighted by Crippen LogP contribution is 2.39. The summed E-state index contributed by atoms with van der Waals surface area (Å²) in [6.07, 6.45) is 9.01. The van der Waals surface area contributed by atoms with Gasteiger partial charge in [-0.15, -0.1) is 6.42 Å². The molecular formula is C17H21NO2. The van der Waals surface area contributed by atoms with E-state index in [1.165, 1.54) is 18.4 Å². The lowest BCUT2D eigenvalue weighted by Gasteiger charge is -2.36. The Morgan fingerprint density at radius 1 is 1.30 bits per heavy atom. The second-order valence-corrected chi connectivity index (χ2v) is 5.62. The van der Waals surface area contributed by atoms with Crippen molar-refractivity contribution in [2.45, 2.75) is 50.3 Å². The number of terminal acetylenes is 1. The summed E-state index contributed by atoms with van der Waals surface area (Å²) in [6.45, 7) is 2.53. The van der Waals surface area contributed by atoms with Gasteiger partial charge in [-0.25, -0.2) is 9.78 Å². The molecule has 2 fully saturated rings. The summed E-state index contributed by atoms with van der Waals surface area (Å²) in [4.78, 5) is 10.9. The smallest absolute Gasteiger partial charge is 0.115 e. The number of fused-ring (bicyclic) bond motifs is 2. The summed E-state index contributed by atoms with van der Waals surface area (Å²) in [5, 5.41) is 3.63. The van der Waals surface area contributed by atoms with Gasteiger partial charge in [-0.05, 0) is 43.9 Å². The van der Waals surface area contributed by atoms with Gasteiger partial charge in [-0.1, -0.05) is 18.1 Å². The average molecular weight is 271 g/mol. The van der Waals surface area contributed by atoms with Gasteiger partial charge in [0.15, 0.2) is 0 Å². The van der Waals surface area contributed by atoms with E-state index in [9.17, 15) is 0 Å². The Bertz CT molecular complexity index is 491. The highest BCUT2D eigenvalue weighted by molar-refractivity contribution is 5.36. The SMILES string of the molecule is C#Cc1ccc(C2CC3CCC(N3)C2OOCC)cc1. The molecule has 20 heavy (non-hydrogen) atoms. The van der Waals surface area contributed by atoms with Crippen molar-refractivity contribution in [2.24, 2.45) is 0 Å². The highest BCUT2D eigenvalue weighted by atomic mass is 17.2. The van der Waals surface area contributed by atoms with E-state index in [0.29, 0.717) is 24.6 Å². The molecule has 0 aromatic heterocycles. The fourth-order valence-electron chi connectivity index (χ4n) is 3.45. The van der Waals surface area contributed by atoms with Crippen LogP contribution in [0.1, 0.15) is 43.2 Å². The Kier molecular flexibility index (Phi) is 4.07. The van der Waals surface area contributed by atoms with Gasteiger partial charge in [-0.3, -0.25) is 0 Å². The van der Waals surface area contributed by atoms with Crippen LogP contribution in [-0.2, 0) is 9.78 Å². The molecule has 2 aliphatic heterocycles. The molecule has 2 saturated heterocycles. The summed E-state index contributed by atoms with van der Waals surface area (Å²) in [5.41, 5.74) is 2.22. The number of hydrogen-bond acceptors (Lipinski definition) is 3. The summed E-state index contributed by atoms with van der Waals surface area (Å²) in [6, 6.07) is 9.30. The summed E-state index contributed by atoms with van der Waals surface area (Å²) >= 11 is 0. The molecule has 106 valence electrons. The van der Waals surface area contributed by atoms with Gasteiger partial charge in [-0.2, -0.15) is 0 Å². The molecule has 0 aliphatic carbocycles. The maximum atomic E-state index is 5.68. The Labute approximate surface area is 120 Å². The van der Waals surface area contributed by atoms with Crippen LogP contribution in [0.3, 0.4) is 0 Å². The molecule has 2 aliphatic rings. The first-order valence-electron chi connectivity index (χ1n) is 7.42. The largest absolute Gasteiger partial charge is 0.308 e. The molecule has 0 spiro atoms. The van der Waals surface area contributed by atoms with Crippen LogP contribution in [0, 0.1) is 12.3 Å². The minimum absolute atomic E-state index is 0.0883. The third kappa shape index (κ3) is 2.60. The van der Waals surface area contributed by atoms with Gasteiger partial charge in [0.25, 0.3) is 0 Å². The Morgan fingerprint density at radius 3 is 2.80 bits per heavy atom. The molecule has 2 heterocycles. The second-order valence-electron chi connectivity index (χ2n) is 5.62. The molecule has 3 nitrogen and oxygen atoms in total. The molecule has 3 heteroatoms. The first-order valence-corrected chi connectivity index (χ1v) is 7.42. The van der Waals surface area contributed by atoms with Crippen LogP contribution in [0.4, 0.5) is 0 Å². The topological polar surface area (TPSA) is 30.5 Å². The van der Waals surface area contributed by atoms with Crippen LogP contribution >= 0.6 is 0 Å². The fraction of sp³-hybridized carbons (Fsp3) is 0.529. The van der Waals surface area contributed by atoms with Crippen LogP contribution in [0.2, 0.25) is 0 Å². The number of hydrogen-bond donors (Lipinski definition) is 1. The van der Waals surface area contributed by atoms with Crippen molar-refractivity contribution in [2.75, 3.05) is 6.61 Å². The van der Waals surface area contributed by atoms with E-state index < -0.39 is 0 Å². The zero-order valence-electron chi connectivity index (χ0n) is 11.8. The van der Waals surface area contributed by atoms with Crippen molar-refractivity contribution >= 4 is 0 Å². The summed E-state index contributed by atoms with van der Waals surface area (Å²) in [7, 11) is 0. The van der Waals surface area contributed by atoms with E-state index in [4.69, 9.17) is 16.2 Å². The predicted molar refractivity (Wildman–Crippen MR) is 78.2 cm³/mol. The molecule has 1 N–H and O–H groups in total. The molecule has 2 bridgehead atoms. The van der Waals surface area contributed by atoms with Crippen LogP contribution in [-0.4, -0.2) is 24.8 Å². The van der Waals surface area contributed by atoms with Gasteiger partial charge >= 0.3 is 0 Å². The van der Waals surface area contributed by atoms with Gasteiger partial charge in [0.1, 0.15) is 6.10 Å². The van der Waals surface area contributed by atoms with Crippen LogP contribution < -0.4 is 5.32 Å². The average Bonchev–Trinajstić information content (AvgIpc) is 2.89. The van der Waals surface area contributed by atoms with Crippen LogP contribution in [0.25, 0.3) is 0 Å². The van der Waals surface area contributed by atoms with Crippen molar-refractivity contribution in [3.8, 4) is 12.3 Å². The van der Waals surface area contributed by atoms with Crippen LogP contribution in [0.15, 0.2) is 24.3 Å². The highest BCUT2D eigenvalue weighted by Gasteiger charge is 2.43. The molecule has 1 aromatic carbocycles. The number of piperidine rings is 1. The first-order chi connectivity index (χ1) is 9.81. The van der Waals surface area contributed by atoms with Crippen molar-refractivity contribution < 1.29 is 9.78 Å². The van der Waals surface area contributed by atoms with E-state index in [-0.39, 0.29) is 6.10 Å². The van der Waals surface area contributed by atoms with Crippen LogP contribution in [0.5, 0.6) is 0 Å². The molecule has 3 rings (SSSR count). The summed E-state index contributed by atoms with van der Waals surface area (Å²) in [5.74, 6) is 3.05. The zero-order valence-corrected chi connectivity index (χ0v) is 11.8. The molecular weight excluding hydrogens is 250 g/mol. The standard InChI is InChI=1S/C17H21NO2/c1-3-12-5-7-13(8-6-12)15-11-14-9-10-16(18-14)17(15)20-19-4-2/h1,5-8,14-18H,4,9-11H2,2H3. The van der Waals surface area contributed by atoms with E-state index in [1.807, 2.05) is 19.1 Å². The fourth-order valence-corrected chi connectivity index (χ4v) is 3.45. The van der Waals surface area contributed by atoms with Crippen molar-refractivity contribution in [3.63, 3.8) is 0 Å². The monoisotopic (exact) mass is 271 g/mol. The Balaban J connectivity index is 1.82. The molecule has 0 saturated carbocycles. The van der Waals surface area contributed by atoms with Gasteiger partial charge in [0.2, 0.25) is 0 Å². The van der Waals surface area contributed by atoms with Crippen molar-refractivity contribution in [3.05, 3.63) is 35.4 Å². The third-order valence-electron chi connectivity index (χ3n) is 4.41. The lowest BCUT2D eigenvalue weighted by molar-refractivity contribution is -0.332. The minimum atomic E-state index is 0.0883. The van der Waals surface area contributed by atoms with E-state index >= 15 is 0 Å². The van der Waals surface area contributed by atoms with E-state index in [1.54, 1.807) is 0 Å². The van der Waals surface area contributed by atoms with Gasteiger partial charge in [0, 0.05) is 23.6 Å². The van der Waals surface area contributed by atoms with Crippen molar-refractivity contribution in [1.82, 2.24) is 5.32 Å². The predicted octanol–water partition coefficient (Wildman–Crippen LogP) is 2.61. The normalized spacial score (nSPS) is 32.0. The maximum absolute atomic E-state index is 5.68. The maximum Gasteiger partial charge on any atom is 0.115 e. The zero-order chi connectivity index (χ0) is 13.9. The Morgan fingerprint density at radius 2 is 2.10 bits per heavy atom. The van der Waals surface area contributed by atoms with E-state index in [2.05, 4.69) is 23.4 Å². The molecule has 0 radical (unpaired) electrons. The van der Waals surface area contributed by atoms with Gasteiger partial charge < -0.3 is 5.32 Å². The summed E-state index contributed by atoms with van der Waals surface area (Å²) < 4.78 is 0. The number of rotatable bonds is 4. The lowest BCUT2D eigenvalue weighted by atomic mass is 9.83. The molecule has 4 unspecified atom stereocenters. The number of benzene rings is 1. The molecule has 0 amide bonds. The number of nitrogens with one attached hydrogen (secondary N) is 1. The Hall–Kier alpha value is -1.34. The lowest BCUT2D eigenvalue weighted by Crippen LogP contribution is -2.49. The minimum Gasteiger partial charge on any atom is -0.308 e. The third-order valence-corrected chi connectivity index (χ3v) is 4.41. The van der Waals surface area contributed by atoms with E-state index in [0.717, 1.165) is 12.0 Å². The quantitative estimate of drug-likeness (QED) is 0.519. The molecule has 1 aromatic rings. The second kappa shape index (κ2) is 5.97. The van der Waals surface area contributed by atoms with Crippen molar-refractivity contribution in [1.29, 1.82) is 0 Å².